The van der Waals surface area contributed by atoms with E-state index in [4.69, 9.17) is 4.74 Å². The second-order valence-electron chi connectivity index (χ2n) is 7.28. The SMILES string of the molecule is CSc1ncccc1C(=O)NCCn1ncc2c(N3CC(C)OC(C)C3)ncnc21. The molecule has 9 nitrogen and oxygen atoms in total. The van der Waals surface area contributed by atoms with Gasteiger partial charge in [-0.3, -0.25) is 4.79 Å². The van der Waals surface area contributed by atoms with Gasteiger partial charge in [0.1, 0.15) is 17.2 Å². The molecule has 4 heterocycles. The fourth-order valence-electron chi connectivity index (χ4n) is 3.74. The van der Waals surface area contributed by atoms with Gasteiger partial charge in [-0.1, -0.05) is 0 Å². The lowest BCUT2D eigenvalue weighted by molar-refractivity contribution is -0.00537. The van der Waals surface area contributed by atoms with Gasteiger partial charge in [-0.15, -0.1) is 11.8 Å². The first kappa shape index (κ1) is 20.5. The van der Waals surface area contributed by atoms with Crippen molar-refractivity contribution in [1.29, 1.82) is 0 Å². The number of ether oxygens (including phenoxy) is 1. The van der Waals surface area contributed by atoms with Crippen LogP contribution < -0.4 is 10.2 Å². The van der Waals surface area contributed by atoms with Crippen LogP contribution in [0.1, 0.15) is 24.2 Å². The number of thioether (sulfide) groups is 1. The van der Waals surface area contributed by atoms with E-state index >= 15 is 0 Å². The number of anilines is 1. The first-order valence-electron chi connectivity index (χ1n) is 9.91. The summed E-state index contributed by atoms with van der Waals surface area (Å²) in [5.74, 6) is 0.729. The van der Waals surface area contributed by atoms with E-state index in [9.17, 15) is 4.79 Å². The van der Waals surface area contributed by atoms with E-state index < -0.39 is 0 Å². The van der Waals surface area contributed by atoms with Crippen LogP contribution in [0.4, 0.5) is 5.82 Å². The van der Waals surface area contributed by atoms with Crippen molar-refractivity contribution in [2.75, 3.05) is 30.8 Å². The van der Waals surface area contributed by atoms with Crippen molar-refractivity contribution < 1.29 is 9.53 Å². The fourth-order valence-corrected chi connectivity index (χ4v) is 4.29. The van der Waals surface area contributed by atoms with E-state index in [0.29, 0.717) is 23.7 Å². The predicted octanol–water partition coefficient (Wildman–Crippen LogP) is 1.99. The Balaban J connectivity index is 1.46. The monoisotopic (exact) mass is 427 g/mol. The molecule has 1 aliphatic heterocycles. The number of fused-ring (bicyclic) bond motifs is 1. The highest BCUT2D eigenvalue weighted by Crippen LogP contribution is 2.25. The molecule has 1 amide bonds. The second-order valence-corrected chi connectivity index (χ2v) is 8.08. The Labute approximate surface area is 179 Å². The van der Waals surface area contributed by atoms with Gasteiger partial charge < -0.3 is 15.0 Å². The molecule has 4 rings (SSSR count). The van der Waals surface area contributed by atoms with Crippen molar-refractivity contribution >= 4 is 34.5 Å². The van der Waals surface area contributed by atoms with Crippen molar-refractivity contribution in [1.82, 2.24) is 30.0 Å². The summed E-state index contributed by atoms with van der Waals surface area (Å²) in [7, 11) is 0. The molecule has 0 aliphatic carbocycles. The third-order valence-electron chi connectivity index (χ3n) is 4.95. The number of hydrogen-bond donors (Lipinski definition) is 1. The number of carbonyl (C=O) groups is 1. The summed E-state index contributed by atoms with van der Waals surface area (Å²) in [5.41, 5.74) is 1.34. The van der Waals surface area contributed by atoms with Crippen molar-refractivity contribution in [3.05, 3.63) is 36.4 Å². The maximum Gasteiger partial charge on any atom is 0.254 e. The lowest BCUT2D eigenvalue weighted by Gasteiger charge is -2.36. The molecule has 158 valence electrons. The van der Waals surface area contributed by atoms with Gasteiger partial charge in [-0.25, -0.2) is 19.6 Å². The zero-order valence-electron chi connectivity index (χ0n) is 17.3. The highest BCUT2D eigenvalue weighted by atomic mass is 32.2. The number of hydrogen-bond acceptors (Lipinski definition) is 8. The number of morpholine rings is 1. The summed E-state index contributed by atoms with van der Waals surface area (Å²) in [6.07, 6.45) is 7.24. The van der Waals surface area contributed by atoms with Crippen molar-refractivity contribution in [2.45, 2.75) is 37.6 Å². The van der Waals surface area contributed by atoms with Gasteiger partial charge in [0, 0.05) is 25.8 Å². The van der Waals surface area contributed by atoms with E-state index in [0.717, 1.165) is 29.9 Å². The smallest absolute Gasteiger partial charge is 0.254 e. The van der Waals surface area contributed by atoms with Gasteiger partial charge >= 0.3 is 0 Å². The van der Waals surface area contributed by atoms with Gasteiger partial charge in [-0.2, -0.15) is 5.10 Å². The molecule has 0 spiro atoms. The molecule has 30 heavy (non-hydrogen) atoms. The molecule has 0 bridgehead atoms. The number of aromatic nitrogens is 5. The van der Waals surface area contributed by atoms with Crippen LogP contribution in [0.2, 0.25) is 0 Å². The molecule has 3 aromatic heterocycles. The third kappa shape index (κ3) is 4.24. The van der Waals surface area contributed by atoms with E-state index in [1.165, 1.54) is 11.8 Å². The van der Waals surface area contributed by atoms with Gasteiger partial charge in [-0.05, 0) is 32.2 Å². The molecule has 2 unspecified atom stereocenters. The molecule has 1 aliphatic rings. The zero-order chi connectivity index (χ0) is 21.1. The number of pyridine rings is 1. The largest absolute Gasteiger partial charge is 0.372 e. The maximum atomic E-state index is 12.5. The van der Waals surface area contributed by atoms with E-state index in [1.807, 2.05) is 6.26 Å². The quantitative estimate of drug-likeness (QED) is 0.597. The number of nitrogens with one attached hydrogen (secondary N) is 1. The molecule has 1 saturated heterocycles. The molecule has 1 N–H and O–H groups in total. The minimum atomic E-state index is -0.143. The third-order valence-corrected chi connectivity index (χ3v) is 5.66. The van der Waals surface area contributed by atoms with Crippen LogP contribution in [0.15, 0.2) is 35.9 Å². The maximum absolute atomic E-state index is 12.5. The van der Waals surface area contributed by atoms with E-state index in [-0.39, 0.29) is 18.1 Å². The number of nitrogens with zero attached hydrogens (tertiary/aromatic N) is 6. The van der Waals surface area contributed by atoms with Crippen LogP contribution in [-0.4, -0.2) is 68.7 Å². The number of rotatable bonds is 6. The van der Waals surface area contributed by atoms with Crippen LogP contribution in [0.25, 0.3) is 11.0 Å². The summed E-state index contributed by atoms with van der Waals surface area (Å²) < 4.78 is 7.63. The minimum absolute atomic E-state index is 0.141. The molecule has 3 aromatic rings. The van der Waals surface area contributed by atoms with Crippen molar-refractivity contribution in [3.8, 4) is 0 Å². The minimum Gasteiger partial charge on any atom is -0.372 e. The first-order chi connectivity index (χ1) is 14.6. The zero-order valence-corrected chi connectivity index (χ0v) is 18.1. The summed E-state index contributed by atoms with van der Waals surface area (Å²) in [6.45, 7) is 6.64. The van der Waals surface area contributed by atoms with Crippen LogP contribution in [0, 0.1) is 0 Å². The fraction of sp³-hybridized carbons (Fsp3) is 0.450. The van der Waals surface area contributed by atoms with Crippen LogP contribution in [-0.2, 0) is 11.3 Å². The lowest BCUT2D eigenvalue weighted by atomic mass is 10.2. The number of amides is 1. The van der Waals surface area contributed by atoms with Crippen LogP contribution in [0.3, 0.4) is 0 Å². The van der Waals surface area contributed by atoms with Crippen molar-refractivity contribution in [3.63, 3.8) is 0 Å². The van der Waals surface area contributed by atoms with Gasteiger partial charge in [0.15, 0.2) is 5.65 Å². The Morgan fingerprint density at radius 2 is 2.07 bits per heavy atom. The van der Waals surface area contributed by atoms with Gasteiger partial charge in [0.05, 0.1) is 35.9 Å². The number of carbonyl (C=O) groups excluding carboxylic acids is 1. The standard InChI is InChI=1S/C20H25N7O2S/c1-13-10-26(11-14(2)29-13)17-16-9-25-27(18(16)24-12-23-17)8-7-21-19(28)15-5-4-6-22-20(15)30-3/h4-6,9,12-14H,7-8,10-11H2,1-3H3,(H,21,28). The normalized spacial score (nSPS) is 19.2. The Morgan fingerprint density at radius 1 is 1.27 bits per heavy atom. The Hall–Kier alpha value is -2.72. The van der Waals surface area contributed by atoms with Crippen LogP contribution in [0.5, 0.6) is 0 Å². The van der Waals surface area contributed by atoms with E-state index in [1.54, 1.807) is 35.5 Å². The Morgan fingerprint density at radius 3 is 2.83 bits per heavy atom. The highest BCUT2D eigenvalue weighted by molar-refractivity contribution is 7.98. The van der Waals surface area contributed by atoms with E-state index in [2.05, 4.69) is 44.1 Å². The van der Waals surface area contributed by atoms with Crippen molar-refractivity contribution in [2.24, 2.45) is 0 Å². The average Bonchev–Trinajstić information content (AvgIpc) is 3.16. The predicted molar refractivity (Wildman–Crippen MR) is 116 cm³/mol. The topological polar surface area (TPSA) is 98.1 Å². The molecule has 0 aromatic carbocycles. The molecule has 2 atom stereocenters. The second kappa shape index (κ2) is 8.97. The molecular weight excluding hydrogens is 402 g/mol. The average molecular weight is 428 g/mol. The van der Waals surface area contributed by atoms with Crippen LogP contribution >= 0.6 is 11.8 Å². The van der Waals surface area contributed by atoms with Gasteiger partial charge in [0.2, 0.25) is 0 Å². The Kier molecular flexibility index (Phi) is 6.14. The molecule has 10 heteroatoms. The molecule has 0 saturated carbocycles. The summed E-state index contributed by atoms with van der Waals surface area (Å²) in [5, 5.41) is 9.04. The lowest BCUT2D eigenvalue weighted by Crippen LogP contribution is -2.45. The summed E-state index contributed by atoms with van der Waals surface area (Å²) in [6, 6.07) is 3.54. The molecule has 1 fully saturated rings. The first-order valence-corrected chi connectivity index (χ1v) is 11.1. The summed E-state index contributed by atoms with van der Waals surface area (Å²) in [4.78, 5) is 27.9. The Bertz CT molecular complexity index is 1030. The molecular formula is C20H25N7O2S. The summed E-state index contributed by atoms with van der Waals surface area (Å²) >= 11 is 1.45. The highest BCUT2D eigenvalue weighted by Gasteiger charge is 2.25. The van der Waals surface area contributed by atoms with Gasteiger partial charge in [0.25, 0.3) is 5.91 Å². The molecule has 0 radical (unpaired) electrons.